The Balaban J connectivity index is 1.36. The number of aliphatic hydroxyl groups excluding tert-OH is 1. The summed E-state index contributed by atoms with van der Waals surface area (Å²) >= 11 is 0. The number of methoxy groups -OCH3 is 1. The zero-order chi connectivity index (χ0) is 18.5. The molecule has 5 heteroatoms. The lowest BCUT2D eigenvalue weighted by molar-refractivity contribution is -0.141. The maximum Gasteiger partial charge on any atom is 0.120 e. The standard InChI is InChI=1S/C22H34N2O3/c1-11(10-25)15-7-18-22(26)8-13(15)9-24(18)4-3-14-19-16-5-12(6-17(16)27-2)20(19)23-21(14)22/h11-13,15-20,23,25-26H,3-10H2,1-2H3/t11-,12+,13+,15-,16+,17-,18+,19-,20-,22+/m0/s1. The minimum Gasteiger partial charge on any atom is -0.396 e. The van der Waals surface area contributed by atoms with Crippen LogP contribution in [0.4, 0.5) is 0 Å². The molecule has 7 rings (SSSR count). The SMILES string of the molecule is CO[C@H]1C[C@H]2C[C@H]1[C@@H]1C3=C(N[C@@H]21)[C@@]1(O)C[C@@H]2CN(CC3)[C@@H]1C[C@H]2[C@@H](C)CO. The molecule has 5 fully saturated rings. The van der Waals surface area contributed by atoms with E-state index < -0.39 is 5.60 Å². The number of aliphatic hydroxyl groups is 2. The van der Waals surface area contributed by atoms with Crippen LogP contribution in [0.15, 0.2) is 11.3 Å². The number of piperidine rings is 2. The van der Waals surface area contributed by atoms with E-state index in [1.54, 1.807) is 5.57 Å². The van der Waals surface area contributed by atoms with Gasteiger partial charge < -0.3 is 20.3 Å². The van der Waals surface area contributed by atoms with E-state index in [1.165, 1.54) is 18.5 Å². The van der Waals surface area contributed by atoms with E-state index >= 15 is 0 Å². The first-order chi connectivity index (χ1) is 13.0. The predicted octanol–water partition coefficient (Wildman–Crippen LogP) is 1.36. The highest BCUT2D eigenvalue weighted by Crippen LogP contribution is 2.60. The van der Waals surface area contributed by atoms with E-state index in [4.69, 9.17) is 4.74 Å². The number of nitrogens with zero attached hydrogens (tertiary/aromatic N) is 1. The van der Waals surface area contributed by atoms with Crippen molar-refractivity contribution in [1.82, 2.24) is 10.2 Å². The van der Waals surface area contributed by atoms with Crippen LogP contribution in [0.5, 0.6) is 0 Å². The van der Waals surface area contributed by atoms with Crippen molar-refractivity contribution in [3.63, 3.8) is 0 Å². The molecule has 6 bridgehead atoms. The smallest absolute Gasteiger partial charge is 0.120 e. The lowest BCUT2D eigenvalue weighted by Gasteiger charge is -2.58. The Bertz CT molecular complexity index is 680. The topological polar surface area (TPSA) is 65.0 Å². The first-order valence-corrected chi connectivity index (χ1v) is 11.1. The molecule has 0 aromatic carbocycles. The van der Waals surface area contributed by atoms with E-state index in [0.717, 1.165) is 32.4 Å². The summed E-state index contributed by atoms with van der Waals surface area (Å²) < 4.78 is 5.83. The highest BCUT2D eigenvalue weighted by atomic mass is 16.5. The molecule has 3 aliphatic carbocycles. The van der Waals surface area contributed by atoms with Crippen LogP contribution in [0.1, 0.15) is 39.0 Å². The number of rotatable bonds is 3. The van der Waals surface area contributed by atoms with Gasteiger partial charge in [0, 0.05) is 50.5 Å². The zero-order valence-electron chi connectivity index (χ0n) is 16.6. The molecule has 3 saturated carbocycles. The first-order valence-electron chi connectivity index (χ1n) is 11.1. The van der Waals surface area contributed by atoms with Crippen LogP contribution in [-0.4, -0.2) is 65.7 Å². The second kappa shape index (κ2) is 5.71. The van der Waals surface area contributed by atoms with Crippen molar-refractivity contribution in [2.75, 3.05) is 26.8 Å². The van der Waals surface area contributed by atoms with Crippen LogP contribution in [0, 0.1) is 35.5 Å². The van der Waals surface area contributed by atoms with Crippen LogP contribution >= 0.6 is 0 Å². The van der Waals surface area contributed by atoms with Crippen molar-refractivity contribution in [3.8, 4) is 0 Å². The van der Waals surface area contributed by atoms with Crippen LogP contribution in [0.3, 0.4) is 0 Å². The van der Waals surface area contributed by atoms with Gasteiger partial charge in [0.15, 0.2) is 0 Å². The number of hydrogen-bond acceptors (Lipinski definition) is 5. The quantitative estimate of drug-likeness (QED) is 0.696. The van der Waals surface area contributed by atoms with E-state index in [0.29, 0.717) is 47.7 Å². The Morgan fingerprint density at radius 3 is 2.89 bits per heavy atom. The average Bonchev–Trinajstić information content (AvgIpc) is 3.34. The van der Waals surface area contributed by atoms with E-state index in [9.17, 15) is 10.2 Å². The summed E-state index contributed by atoms with van der Waals surface area (Å²) in [6, 6.07) is 0.755. The van der Waals surface area contributed by atoms with Crippen molar-refractivity contribution >= 4 is 0 Å². The van der Waals surface area contributed by atoms with Gasteiger partial charge in [-0.3, -0.25) is 4.90 Å². The molecule has 3 N–H and O–H groups in total. The fourth-order valence-electron chi connectivity index (χ4n) is 8.40. The molecule has 1 unspecified atom stereocenters. The van der Waals surface area contributed by atoms with Gasteiger partial charge in [-0.15, -0.1) is 0 Å². The third kappa shape index (κ3) is 2.09. The molecular weight excluding hydrogens is 340 g/mol. The average molecular weight is 375 g/mol. The van der Waals surface area contributed by atoms with Gasteiger partial charge in [-0.25, -0.2) is 0 Å². The van der Waals surface area contributed by atoms with Gasteiger partial charge in [0.25, 0.3) is 0 Å². The molecule has 27 heavy (non-hydrogen) atoms. The van der Waals surface area contributed by atoms with Gasteiger partial charge in [-0.2, -0.15) is 0 Å². The van der Waals surface area contributed by atoms with Crippen LogP contribution < -0.4 is 5.32 Å². The number of hydrogen-bond donors (Lipinski definition) is 3. The second-order valence-electron chi connectivity index (χ2n) is 10.5. The van der Waals surface area contributed by atoms with Gasteiger partial charge in [0.2, 0.25) is 0 Å². The van der Waals surface area contributed by atoms with Crippen molar-refractivity contribution in [3.05, 3.63) is 11.3 Å². The Kier molecular flexibility index (Phi) is 3.65. The molecule has 0 radical (unpaired) electrons. The minimum absolute atomic E-state index is 0.219. The molecule has 2 saturated heterocycles. The molecule has 0 aromatic rings. The molecule has 5 nitrogen and oxygen atoms in total. The number of nitrogens with one attached hydrogen (secondary N) is 1. The van der Waals surface area contributed by atoms with Gasteiger partial charge >= 0.3 is 0 Å². The van der Waals surface area contributed by atoms with Crippen molar-refractivity contribution < 1.29 is 14.9 Å². The minimum atomic E-state index is -0.702. The molecular formula is C22H34N2O3. The third-order valence-corrected chi connectivity index (χ3v) is 9.54. The van der Waals surface area contributed by atoms with Gasteiger partial charge in [0.05, 0.1) is 6.10 Å². The van der Waals surface area contributed by atoms with Gasteiger partial charge in [-0.05, 0) is 67.3 Å². The normalized spacial score (nSPS) is 55.9. The van der Waals surface area contributed by atoms with E-state index in [-0.39, 0.29) is 12.6 Å². The summed E-state index contributed by atoms with van der Waals surface area (Å²) in [4.78, 5) is 2.57. The molecule has 4 aliphatic heterocycles. The van der Waals surface area contributed by atoms with E-state index in [2.05, 4.69) is 17.1 Å². The lowest BCUT2D eigenvalue weighted by Crippen LogP contribution is -2.67. The summed E-state index contributed by atoms with van der Waals surface area (Å²) in [5, 5.41) is 25.6. The second-order valence-corrected chi connectivity index (χ2v) is 10.5. The highest BCUT2D eigenvalue weighted by molar-refractivity contribution is 5.40. The Morgan fingerprint density at radius 2 is 2.15 bits per heavy atom. The van der Waals surface area contributed by atoms with Crippen LogP contribution in [0.2, 0.25) is 0 Å². The van der Waals surface area contributed by atoms with Crippen LogP contribution in [0.25, 0.3) is 0 Å². The molecule has 7 aliphatic rings. The van der Waals surface area contributed by atoms with Crippen molar-refractivity contribution in [2.24, 2.45) is 35.5 Å². The fourth-order valence-corrected chi connectivity index (χ4v) is 8.40. The third-order valence-electron chi connectivity index (χ3n) is 9.54. The summed E-state index contributed by atoms with van der Waals surface area (Å²) in [6.07, 6.45) is 5.90. The molecule has 11 atom stereocenters. The van der Waals surface area contributed by atoms with Gasteiger partial charge in [0.1, 0.15) is 5.60 Å². The van der Waals surface area contributed by atoms with Crippen molar-refractivity contribution in [2.45, 2.75) is 62.8 Å². The Morgan fingerprint density at radius 1 is 1.30 bits per heavy atom. The highest BCUT2D eigenvalue weighted by Gasteiger charge is 2.64. The molecule has 0 spiro atoms. The summed E-state index contributed by atoms with van der Waals surface area (Å²) in [5.74, 6) is 3.32. The molecule has 0 amide bonds. The molecule has 4 heterocycles. The van der Waals surface area contributed by atoms with Crippen molar-refractivity contribution in [1.29, 1.82) is 0 Å². The largest absolute Gasteiger partial charge is 0.396 e. The maximum atomic E-state index is 12.0. The molecule has 0 aromatic heterocycles. The summed E-state index contributed by atoms with van der Waals surface area (Å²) in [5.41, 5.74) is 2.06. The zero-order valence-corrected chi connectivity index (χ0v) is 16.6. The predicted molar refractivity (Wildman–Crippen MR) is 102 cm³/mol. The van der Waals surface area contributed by atoms with Crippen LogP contribution in [-0.2, 0) is 4.74 Å². The number of ether oxygens (including phenoxy) is 1. The summed E-state index contributed by atoms with van der Waals surface area (Å²) in [6.45, 7) is 4.64. The lowest BCUT2D eigenvalue weighted by atomic mass is 9.60. The monoisotopic (exact) mass is 374 g/mol. The fraction of sp³-hybridized carbons (Fsp3) is 0.909. The van der Waals surface area contributed by atoms with E-state index in [1.807, 2.05) is 7.11 Å². The van der Waals surface area contributed by atoms with Gasteiger partial charge in [-0.1, -0.05) is 6.92 Å². The number of fused-ring (bicyclic) bond motifs is 7. The Labute approximate surface area is 162 Å². The first kappa shape index (κ1) is 17.3. The summed E-state index contributed by atoms with van der Waals surface area (Å²) in [7, 11) is 1.87. The Hall–Kier alpha value is -0.620. The maximum absolute atomic E-state index is 12.0. The molecule has 150 valence electrons.